The second-order valence-corrected chi connectivity index (χ2v) is 6.08. The first-order chi connectivity index (χ1) is 8.92. The van der Waals surface area contributed by atoms with Crippen LogP contribution >= 0.6 is 0 Å². The van der Waals surface area contributed by atoms with E-state index in [-0.39, 0.29) is 5.41 Å². The monoisotopic (exact) mass is 259 g/mol. The summed E-state index contributed by atoms with van der Waals surface area (Å²) in [5, 5.41) is 9.63. The van der Waals surface area contributed by atoms with Crippen molar-refractivity contribution in [2.45, 2.75) is 39.2 Å². The van der Waals surface area contributed by atoms with E-state index in [1.165, 1.54) is 11.3 Å². The van der Waals surface area contributed by atoms with Gasteiger partial charge in [-0.2, -0.15) is 0 Å². The van der Waals surface area contributed by atoms with Crippen LogP contribution in [-0.4, -0.2) is 28.2 Å². The van der Waals surface area contributed by atoms with E-state index < -0.39 is 6.10 Å². The van der Waals surface area contributed by atoms with Crippen molar-refractivity contribution in [2.75, 3.05) is 18.0 Å². The molecule has 2 N–H and O–H groups in total. The molecule has 0 saturated carbocycles. The number of hydrogen-bond donors (Lipinski definition) is 2. The van der Waals surface area contributed by atoms with Gasteiger partial charge in [0.2, 0.25) is 0 Å². The number of rotatable bonds is 2. The van der Waals surface area contributed by atoms with Gasteiger partial charge in [0.05, 0.1) is 11.0 Å². The summed E-state index contributed by atoms with van der Waals surface area (Å²) in [5.74, 6) is 0.638. The minimum atomic E-state index is -0.558. The zero-order valence-electron chi connectivity index (χ0n) is 12.0. The Morgan fingerprint density at radius 2 is 2.21 bits per heavy atom. The number of benzene rings is 1. The van der Waals surface area contributed by atoms with Crippen LogP contribution in [0.2, 0.25) is 0 Å². The highest BCUT2D eigenvalue weighted by Crippen LogP contribution is 2.42. The molecular formula is C15H21N3O. The van der Waals surface area contributed by atoms with Crippen molar-refractivity contribution in [3.05, 3.63) is 23.5 Å². The van der Waals surface area contributed by atoms with Gasteiger partial charge < -0.3 is 15.0 Å². The lowest BCUT2D eigenvalue weighted by molar-refractivity contribution is 0.190. The molecule has 1 aliphatic heterocycles. The van der Waals surface area contributed by atoms with E-state index in [1.54, 1.807) is 6.92 Å². The van der Waals surface area contributed by atoms with Crippen LogP contribution in [-0.2, 0) is 5.41 Å². The first kappa shape index (κ1) is 12.5. The Labute approximate surface area is 113 Å². The van der Waals surface area contributed by atoms with E-state index in [0.29, 0.717) is 5.82 Å². The SMILES string of the molecule is CCN1CC(C)(C)c2cc3[nH]c(C(C)O)nc3cc21. The van der Waals surface area contributed by atoms with Crippen LogP contribution < -0.4 is 4.90 Å². The summed E-state index contributed by atoms with van der Waals surface area (Å²) in [6.45, 7) is 10.5. The predicted molar refractivity (Wildman–Crippen MR) is 77.6 cm³/mol. The van der Waals surface area contributed by atoms with Crippen LogP contribution in [0, 0.1) is 0 Å². The van der Waals surface area contributed by atoms with E-state index in [0.717, 1.165) is 24.1 Å². The third-order valence-electron chi connectivity index (χ3n) is 4.05. The third-order valence-corrected chi connectivity index (χ3v) is 4.05. The van der Waals surface area contributed by atoms with Gasteiger partial charge in [-0.1, -0.05) is 13.8 Å². The Bertz CT molecular complexity index is 628. The van der Waals surface area contributed by atoms with Crippen LogP contribution in [0.5, 0.6) is 0 Å². The summed E-state index contributed by atoms with van der Waals surface area (Å²) >= 11 is 0. The Morgan fingerprint density at radius 1 is 1.47 bits per heavy atom. The predicted octanol–water partition coefficient (Wildman–Crippen LogP) is 2.73. The van der Waals surface area contributed by atoms with Gasteiger partial charge in [0.15, 0.2) is 0 Å². The first-order valence-corrected chi connectivity index (χ1v) is 6.89. The van der Waals surface area contributed by atoms with Crippen molar-refractivity contribution in [1.82, 2.24) is 9.97 Å². The van der Waals surface area contributed by atoms with Crippen molar-refractivity contribution in [3.63, 3.8) is 0 Å². The molecule has 0 saturated heterocycles. The largest absolute Gasteiger partial charge is 0.385 e. The van der Waals surface area contributed by atoms with Gasteiger partial charge in [0, 0.05) is 24.2 Å². The van der Waals surface area contributed by atoms with Gasteiger partial charge in [-0.15, -0.1) is 0 Å². The van der Waals surface area contributed by atoms with Gasteiger partial charge >= 0.3 is 0 Å². The Kier molecular flexibility index (Phi) is 2.61. The maximum atomic E-state index is 9.63. The summed E-state index contributed by atoms with van der Waals surface area (Å²) < 4.78 is 0. The molecule has 1 atom stereocenters. The molecule has 1 aromatic heterocycles. The van der Waals surface area contributed by atoms with Crippen molar-refractivity contribution in [3.8, 4) is 0 Å². The zero-order valence-corrected chi connectivity index (χ0v) is 12.0. The molecule has 2 heterocycles. The average Bonchev–Trinajstić information content (AvgIpc) is 2.86. The molecule has 4 heteroatoms. The number of aromatic nitrogens is 2. The van der Waals surface area contributed by atoms with Gasteiger partial charge in [-0.05, 0) is 31.5 Å². The number of H-pyrrole nitrogens is 1. The highest BCUT2D eigenvalue weighted by atomic mass is 16.3. The van der Waals surface area contributed by atoms with E-state index in [9.17, 15) is 5.11 Å². The number of fused-ring (bicyclic) bond motifs is 2. The smallest absolute Gasteiger partial charge is 0.135 e. The van der Waals surface area contributed by atoms with Crippen LogP contribution in [0.1, 0.15) is 45.2 Å². The molecule has 2 aromatic rings. The normalized spacial score (nSPS) is 18.9. The number of likely N-dealkylation sites (N-methyl/N-ethyl adjacent to an activating group) is 1. The molecule has 0 amide bonds. The molecule has 1 unspecified atom stereocenters. The van der Waals surface area contributed by atoms with Crippen molar-refractivity contribution in [1.29, 1.82) is 0 Å². The van der Waals surface area contributed by atoms with Crippen molar-refractivity contribution >= 4 is 16.7 Å². The van der Waals surface area contributed by atoms with Crippen LogP contribution in [0.4, 0.5) is 5.69 Å². The molecule has 0 spiro atoms. The fourth-order valence-corrected chi connectivity index (χ4v) is 3.00. The topological polar surface area (TPSA) is 52.2 Å². The molecular weight excluding hydrogens is 238 g/mol. The number of aliphatic hydroxyl groups excluding tert-OH is 1. The maximum absolute atomic E-state index is 9.63. The molecule has 0 fully saturated rings. The number of nitrogens with zero attached hydrogens (tertiary/aromatic N) is 2. The molecule has 19 heavy (non-hydrogen) atoms. The van der Waals surface area contributed by atoms with E-state index in [1.807, 2.05) is 0 Å². The standard InChI is InChI=1S/C15H21N3O/c1-5-18-8-15(3,4)10-6-11-12(7-13(10)18)17-14(16-11)9(2)19/h6-7,9,19H,5,8H2,1-4H3,(H,16,17). The number of anilines is 1. The average molecular weight is 259 g/mol. The minimum Gasteiger partial charge on any atom is -0.385 e. The quantitative estimate of drug-likeness (QED) is 0.872. The van der Waals surface area contributed by atoms with Crippen LogP contribution in [0.3, 0.4) is 0 Å². The van der Waals surface area contributed by atoms with Crippen LogP contribution in [0.25, 0.3) is 11.0 Å². The Morgan fingerprint density at radius 3 is 2.84 bits per heavy atom. The molecule has 0 radical (unpaired) electrons. The second kappa shape index (κ2) is 3.97. The number of imidazole rings is 1. The number of aromatic amines is 1. The van der Waals surface area contributed by atoms with Gasteiger partial charge in [-0.25, -0.2) is 4.98 Å². The zero-order chi connectivity index (χ0) is 13.8. The Balaban J connectivity index is 2.20. The van der Waals surface area contributed by atoms with Crippen LogP contribution in [0.15, 0.2) is 12.1 Å². The molecule has 1 aromatic carbocycles. The minimum absolute atomic E-state index is 0.162. The highest BCUT2D eigenvalue weighted by molar-refractivity contribution is 5.84. The lowest BCUT2D eigenvalue weighted by Crippen LogP contribution is -2.28. The summed E-state index contributed by atoms with van der Waals surface area (Å²) in [6.07, 6.45) is -0.558. The van der Waals surface area contributed by atoms with Crippen molar-refractivity contribution in [2.24, 2.45) is 0 Å². The van der Waals surface area contributed by atoms with E-state index in [4.69, 9.17) is 0 Å². The summed E-state index contributed by atoms with van der Waals surface area (Å²) in [6, 6.07) is 4.34. The van der Waals surface area contributed by atoms with Crippen molar-refractivity contribution < 1.29 is 5.11 Å². The summed E-state index contributed by atoms with van der Waals surface area (Å²) in [5.41, 5.74) is 4.76. The van der Waals surface area contributed by atoms with Gasteiger partial charge in [0.1, 0.15) is 11.9 Å². The van der Waals surface area contributed by atoms with Gasteiger partial charge in [-0.3, -0.25) is 0 Å². The van der Waals surface area contributed by atoms with E-state index in [2.05, 4.69) is 47.8 Å². The molecule has 3 rings (SSSR count). The lowest BCUT2D eigenvalue weighted by Gasteiger charge is -2.20. The molecule has 4 nitrogen and oxygen atoms in total. The fraction of sp³-hybridized carbons (Fsp3) is 0.533. The number of nitrogens with one attached hydrogen (secondary N) is 1. The molecule has 0 aliphatic carbocycles. The number of aliphatic hydroxyl groups is 1. The highest BCUT2D eigenvalue weighted by Gasteiger charge is 2.35. The summed E-state index contributed by atoms with van der Waals surface area (Å²) in [4.78, 5) is 10.1. The maximum Gasteiger partial charge on any atom is 0.135 e. The number of hydrogen-bond acceptors (Lipinski definition) is 3. The lowest BCUT2D eigenvalue weighted by atomic mass is 9.87. The first-order valence-electron chi connectivity index (χ1n) is 6.89. The fourth-order valence-electron chi connectivity index (χ4n) is 3.00. The molecule has 0 bridgehead atoms. The van der Waals surface area contributed by atoms with E-state index >= 15 is 0 Å². The molecule has 1 aliphatic rings. The summed E-state index contributed by atoms with van der Waals surface area (Å²) in [7, 11) is 0. The van der Waals surface area contributed by atoms with Gasteiger partial charge in [0.25, 0.3) is 0 Å². The second-order valence-electron chi connectivity index (χ2n) is 6.08. The Hall–Kier alpha value is -1.55. The molecule has 102 valence electrons. The third kappa shape index (κ3) is 1.82.